The molecule has 0 bridgehead atoms. The van der Waals surface area contributed by atoms with E-state index in [4.69, 9.17) is 11.1 Å². The van der Waals surface area contributed by atoms with Gasteiger partial charge in [-0.15, -0.1) is 0 Å². The third kappa shape index (κ3) is 2.15. The predicted molar refractivity (Wildman–Crippen MR) is 74.0 cm³/mol. The van der Waals surface area contributed by atoms with Gasteiger partial charge in [-0.25, -0.2) is 0 Å². The van der Waals surface area contributed by atoms with Crippen molar-refractivity contribution in [2.24, 2.45) is 11.7 Å². The van der Waals surface area contributed by atoms with Gasteiger partial charge in [0, 0.05) is 18.4 Å². The van der Waals surface area contributed by atoms with Crippen LogP contribution in [0.2, 0.25) is 0 Å². The largest absolute Gasteiger partial charge is 0.387 e. The van der Waals surface area contributed by atoms with Crippen LogP contribution in [0.25, 0.3) is 0 Å². The fourth-order valence-corrected chi connectivity index (χ4v) is 3.26. The summed E-state index contributed by atoms with van der Waals surface area (Å²) >= 11 is 0. The molecule has 3 nitrogen and oxygen atoms in total. The average molecular weight is 243 g/mol. The maximum atomic E-state index is 7.50. The zero-order valence-corrected chi connectivity index (χ0v) is 10.7. The number of hydrogen-bond acceptors (Lipinski definition) is 2. The van der Waals surface area contributed by atoms with Crippen molar-refractivity contribution in [1.82, 2.24) is 4.90 Å². The van der Waals surface area contributed by atoms with Crippen LogP contribution < -0.4 is 5.73 Å². The highest BCUT2D eigenvalue weighted by Gasteiger charge is 2.29. The van der Waals surface area contributed by atoms with Crippen molar-refractivity contribution in [2.75, 3.05) is 19.6 Å². The minimum absolute atomic E-state index is 0.329. The normalized spacial score (nSPS) is 24.3. The van der Waals surface area contributed by atoms with Gasteiger partial charge in [0.2, 0.25) is 0 Å². The van der Waals surface area contributed by atoms with Crippen molar-refractivity contribution in [3.63, 3.8) is 0 Å². The summed E-state index contributed by atoms with van der Waals surface area (Å²) in [5.41, 5.74) is 8.66. The molecule has 1 aromatic carbocycles. The van der Waals surface area contributed by atoms with Crippen molar-refractivity contribution < 1.29 is 0 Å². The molecule has 96 valence electrons. The molecule has 1 fully saturated rings. The number of hydrogen-bond donors (Lipinski definition) is 2. The molecule has 2 aliphatic rings. The summed E-state index contributed by atoms with van der Waals surface area (Å²) in [5, 5.41) is 7.50. The first-order chi connectivity index (χ1) is 8.74. The zero-order chi connectivity index (χ0) is 12.5. The molecule has 0 spiro atoms. The number of benzene rings is 1. The molecular weight excluding hydrogens is 222 g/mol. The van der Waals surface area contributed by atoms with E-state index in [9.17, 15) is 0 Å². The quantitative estimate of drug-likeness (QED) is 0.630. The summed E-state index contributed by atoms with van der Waals surface area (Å²) in [4.78, 5) is 2.54. The molecule has 18 heavy (non-hydrogen) atoms. The first-order valence-electron chi connectivity index (χ1n) is 6.88. The van der Waals surface area contributed by atoms with E-state index in [1.54, 1.807) is 5.56 Å². The van der Waals surface area contributed by atoms with Crippen molar-refractivity contribution in [2.45, 2.75) is 25.2 Å². The zero-order valence-electron chi connectivity index (χ0n) is 10.7. The number of amidine groups is 1. The Labute approximate surface area is 108 Å². The van der Waals surface area contributed by atoms with E-state index < -0.39 is 0 Å². The highest BCUT2D eigenvalue weighted by Crippen LogP contribution is 2.35. The lowest BCUT2D eigenvalue weighted by Gasteiger charge is -2.38. The molecule has 3 heteroatoms. The molecule has 1 heterocycles. The number of nitrogens with zero attached hydrogens (tertiary/aromatic N) is 1. The van der Waals surface area contributed by atoms with E-state index >= 15 is 0 Å². The van der Waals surface area contributed by atoms with E-state index in [1.165, 1.54) is 18.5 Å². The van der Waals surface area contributed by atoms with E-state index in [2.05, 4.69) is 29.2 Å². The van der Waals surface area contributed by atoms with Gasteiger partial charge < -0.3 is 10.6 Å². The van der Waals surface area contributed by atoms with Gasteiger partial charge in [-0.2, -0.15) is 0 Å². The minimum Gasteiger partial charge on any atom is -0.387 e. The summed E-state index contributed by atoms with van der Waals surface area (Å²) in [6, 6.07) is 8.79. The summed E-state index contributed by atoms with van der Waals surface area (Å²) in [5.74, 6) is 1.44. The maximum absolute atomic E-state index is 7.50. The standard InChI is InChI=1S/C15H21N3/c16-15(17)11-5-7-18(8-6-11)10-13-9-12-3-1-2-4-14(12)13/h1-4,11,13H,5-10H2,(H3,16,17). The van der Waals surface area contributed by atoms with Gasteiger partial charge in [-0.3, -0.25) is 5.41 Å². The predicted octanol–water partition coefficient (Wildman–Crippen LogP) is 1.97. The molecule has 1 saturated heterocycles. The van der Waals surface area contributed by atoms with Crippen LogP contribution in [0.3, 0.4) is 0 Å². The topological polar surface area (TPSA) is 53.1 Å². The molecule has 3 rings (SSSR count). The molecule has 0 radical (unpaired) electrons. The van der Waals surface area contributed by atoms with Gasteiger partial charge >= 0.3 is 0 Å². The Morgan fingerprint density at radius 1 is 1.28 bits per heavy atom. The third-order valence-corrected chi connectivity index (χ3v) is 4.47. The molecule has 1 aromatic rings. The van der Waals surface area contributed by atoms with E-state index in [0.29, 0.717) is 11.8 Å². The maximum Gasteiger partial charge on any atom is 0.0937 e. The SMILES string of the molecule is N=C(N)C1CCN(CC2Cc3ccccc32)CC1. The van der Waals surface area contributed by atoms with Crippen LogP contribution in [-0.2, 0) is 6.42 Å². The molecule has 0 amide bonds. The Hall–Kier alpha value is -1.35. The Balaban J connectivity index is 1.53. The van der Waals surface area contributed by atoms with E-state index in [0.717, 1.165) is 31.8 Å². The van der Waals surface area contributed by atoms with Gasteiger partial charge in [-0.05, 0) is 43.5 Å². The number of nitrogens with two attached hydrogens (primary N) is 1. The molecular formula is C15H21N3. The lowest BCUT2D eigenvalue weighted by molar-refractivity contribution is 0.192. The first kappa shape index (κ1) is 11.7. The van der Waals surface area contributed by atoms with Crippen molar-refractivity contribution in [3.05, 3.63) is 35.4 Å². The lowest BCUT2D eigenvalue weighted by atomic mass is 9.77. The summed E-state index contributed by atoms with van der Waals surface area (Å²) < 4.78 is 0. The average Bonchev–Trinajstić information content (AvgIpc) is 2.36. The number of likely N-dealkylation sites (tertiary alicyclic amines) is 1. The summed E-state index contributed by atoms with van der Waals surface area (Å²) in [6.45, 7) is 3.38. The number of rotatable bonds is 3. The van der Waals surface area contributed by atoms with Crippen LogP contribution in [0.15, 0.2) is 24.3 Å². The van der Waals surface area contributed by atoms with Crippen molar-refractivity contribution in [1.29, 1.82) is 5.41 Å². The van der Waals surface area contributed by atoms with Gasteiger partial charge in [-0.1, -0.05) is 24.3 Å². The second-order valence-corrected chi connectivity index (χ2v) is 5.63. The van der Waals surface area contributed by atoms with E-state index in [-0.39, 0.29) is 0 Å². The van der Waals surface area contributed by atoms with Gasteiger partial charge in [0.25, 0.3) is 0 Å². The second-order valence-electron chi connectivity index (χ2n) is 5.63. The fourth-order valence-electron chi connectivity index (χ4n) is 3.26. The van der Waals surface area contributed by atoms with Crippen LogP contribution in [0.1, 0.15) is 29.9 Å². The first-order valence-corrected chi connectivity index (χ1v) is 6.88. The highest BCUT2D eigenvalue weighted by molar-refractivity contribution is 5.79. The monoisotopic (exact) mass is 243 g/mol. The summed E-state index contributed by atoms with van der Waals surface area (Å²) in [7, 11) is 0. The molecule has 1 unspecified atom stereocenters. The van der Waals surface area contributed by atoms with Gasteiger partial charge in [0.1, 0.15) is 0 Å². The molecule has 0 saturated carbocycles. The Morgan fingerprint density at radius 2 is 2.00 bits per heavy atom. The van der Waals surface area contributed by atoms with Crippen LogP contribution in [0, 0.1) is 11.3 Å². The molecule has 1 aliphatic carbocycles. The molecule has 3 N–H and O–H groups in total. The van der Waals surface area contributed by atoms with Crippen LogP contribution in [0.5, 0.6) is 0 Å². The van der Waals surface area contributed by atoms with Crippen LogP contribution in [0.4, 0.5) is 0 Å². The summed E-state index contributed by atoms with van der Waals surface area (Å²) in [6.07, 6.45) is 3.36. The Morgan fingerprint density at radius 3 is 2.67 bits per heavy atom. The van der Waals surface area contributed by atoms with Gasteiger partial charge in [0.15, 0.2) is 0 Å². The number of nitrogens with one attached hydrogen (secondary N) is 1. The smallest absolute Gasteiger partial charge is 0.0937 e. The highest BCUT2D eigenvalue weighted by atomic mass is 15.1. The second kappa shape index (κ2) is 4.73. The van der Waals surface area contributed by atoms with E-state index in [1.807, 2.05) is 0 Å². The third-order valence-electron chi connectivity index (χ3n) is 4.47. The molecule has 1 atom stereocenters. The Kier molecular flexibility index (Phi) is 3.08. The van der Waals surface area contributed by atoms with Gasteiger partial charge in [0.05, 0.1) is 5.84 Å². The molecule has 0 aromatic heterocycles. The fraction of sp³-hybridized carbons (Fsp3) is 0.533. The van der Waals surface area contributed by atoms with Crippen molar-refractivity contribution >= 4 is 5.84 Å². The number of fused-ring (bicyclic) bond motifs is 1. The van der Waals surface area contributed by atoms with Crippen LogP contribution in [-0.4, -0.2) is 30.4 Å². The Bertz CT molecular complexity index is 447. The minimum atomic E-state index is 0.329. The van der Waals surface area contributed by atoms with Crippen molar-refractivity contribution in [3.8, 4) is 0 Å². The molecule has 1 aliphatic heterocycles. The lowest BCUT2D eigenvalue weighted by Crippen LogP contribution is -2.41. The van der Waals surface area contributed by atoms with Crippen LogP contribution >= 0.6 is 0 Å². The number of piperidine rings is 1.